The van der Waals surface area contributed by atoms with Crippen molar-refractivity contribution in [3.8, 4) is 0 Å². The van der Waals surface area contributed by atoms with Crippen molar-refractivity contribution in [2.24, 2.45) is 9.98 Å². The topological polar surface area (TPSA) is 48.8 Å². The van der Waals surface area contributed by atoms with Gasteiger partial charge in [0.2, 0.25) is 0 Å². The number of hydrogen-bond donors (Lipinski definition) is 2. The third kappa shape index (κ3) is 6.55. The minimum atomic E-state index is 0.907. The van der Waals surface area contributed by atoms with Crippen molar-refractivity contribution in [2.75, 3.05) is 10.6 Å². The molecule has 4 heteroatoms. The average Bonchev–Trinajstić information content (AvgIpc) is 2.94. The first-order valence-corrected chi connectivity index (χ1v) is 11.8. The van der Waals surface area contributed by atoms with E-state index in [0.717, 1.165) is 45.3 Å². The van der Waals surface area contributed by atoms with Crippen molar-refractivity contribution in [1.29, 1.82) is 0 Å². The number of para-hydroxylation sites is 2. The molecule has 0 atom stereocenters. The molecule has 36 heavy (non-hydrogen) atoms. The second-order valence-electron chi connectivity index (χ2n) is 8.26. The van der Waals surface area contributed by atoms with E-state index in [1.54, 1.807) is 0 Å². The van der Waals surface area contributed by atoms with Gasteiger partial charge in [-0.3, -0.25) is 9.98 Å². The van der Waals surface area contributed by atoms with Gasteiger partial charge < -0.3 is 10.6 Å². The molecule has 5 aromatic carbocycles. The van der Waals surface area contributed by atoms with Gasteiger partial charge >= 0.3 is 0 Å². The van der Waals surface area contributed by atoms with Crippen molar-refractivity contribution in [3.05, 3.63) is 145 Å². The fourth-order valence-corrected chi connectivity index (χ4v) is 3.60. The molecule has 0 bridgehead atoms. The molecule has 0 unspecified atom stereocenters. The molecule has 174 valence electrons. The Bertz CT molecular complexity index is 1310. The molecule has 0 amide bonds. The maximum absolute atomic E-state index is 4.59. The van der Waals surface area contributed by atoms with Gasteiger partial charge in [-0.2, -0.15) is 0 Å². The van der Waals surface area contributed by atoms with E-state index in [4.69, 9.17) is 0 Å². The second-order valence-corrected chi connectivity index (χ2v) is 8.26. The fraction of sp³-hybridized carbons (Fsp3) is 0. The van der Waals surface area contributed by atoms with Gasteiger partial charge in [0.15, 0.2) is 0 Å². The third-order valence-corrected chi connectivity index (χ3v) is 5.52. The van der Waals surface area contributed by atoms with E-state index in [1.807, 2.05) is 146 Å². The molecule has 2 N–H and O–H groups in total. The number of nitrogens with one attached hydrogen (secondary N) is 2. The highest BCUT2D eigenvalue weighted by atomic mass is 14.9. The van der Waals surface area contributed by atoms with Gasteiger partial charge in [0.1, 0.15) is 0 Å². The first-order chi connectivity index (χ1) is 17.8. The van der Waals surface area contributed by atoms with Crippen LogP contribution in [-0.4, -0.2) is 12.4 Å². The van der Waals surface area contributed by atoms with E-state index in [2.05, 4.69) is 20.6 Å². The standard InChI is InChI=1S/C32H26N4/c1-3-7-29(8-4-1)35-31-19-15-27(16-20-31)33-23-25-11-13-26(14-12-25)24-34-28-17-21-32(22-18-28)36-30-9-5-2-6-10-30/h1-24,35-36H/b33-23+,34-24?. The lowest BCUT2D eigenvalue weighted by Crippen LogP contribution is -1.88. The number of aliphatic imine (C=N–C) groups is 2. The smallest absolute Gasteiger partial charge is 0.0631 e. The van der Waals surface area contributed by atoms with Gasteiger partial charge in [-0.15, -0.1) is 0 Å². The van der Waals surface area contributed by atoms with Crippen molar-refractivity contribution in [1.82, 2.24) is 0 Å². The number of nitrogens with zero attached hydrogens (tertiary/aromatic N) is 2. The van der Waals surface area contributed by atoms with Gasteiger partial charge in [-0.1, -0.05) is 60.7 Å². The van der Waals surface area contributed by atoms with Gasteiger partial charge in [-0.25, -0.2) is 0 Å². The Labute approximate surface area is 211 Å². The monoisotopic (exact) mass is 466 g/mol. The number of rotatable bonds is 8. The van der Waals surface area contributed by atoms with Crippen LogP contribution in [0.4, 0.5) is 34.1 Å². The second kappa shape index (κ2) is 11.4. The minimum Gasteiger partial charge on any atom is -0.356 e. The lowest BCUT2D eigenvalue weighted by molar-refractivity contribution is 1.49. The SMILES string of the molecule is C(=Nc1ccc(Nc2ccccc2)cc1)c1ccc(/C=N/c2ccc(Nc3ccccc3)cc2)cc1. The molecule has 0 aromatic heterocycles. The Morgan fingerprint density at radius 2 is 0.694 bits per heavy atom. The molecule has 0 saturated carbocycles. The number of hydrogen-bond acceptors (Lipinski definition) is 4. The summed E-state index contributed by atoms with van der Waals surface area (Å²) in [5, 5.41) is 6.76. The molecular formula is C32H26N4. The predicted octanol–water partition coefficient (Wildman–Crippen LogP) is 8.68. The summed E-state index contributed by atoms with van der Waals surface area (Å²) in [6, 6.07) is 44.6. The maximum atomic E-state index is 4.59. The molecule has 0 radical (unpaired) electrons. The predicted molar refractivity (Wildman–Crippen MR) is 153 cm³/mol. The Kier molecular flexibility index (Phi) is 7.26. The Morgan fingerprint density at radius 3 is 1.06 bits per heavy atom. The summed E-state index contributed by atoms with van der Waals surface area (Å²) in [7, 11) is 0. The molecule has 4 nitrogen and oxygen atoms in total. The van der Waals surface area contributed by atoms with Crippen molar-refractivity contribution in [2.45, 2.75) is 0 Å². The summed E-state index contributed by atoms with van der Waals surface area (Å²) in [4.78, 5) is 9.19. The van der Waals surface area contributed by atoms with Gasteiger partial charge in [0.25, 0.3) is 0 Å². The zero-order valence-electron chi connectivity index (χ0n) is 19.8. The average molecular weight is 467 g/mol. The molecule has 5 aromatic rings. The highest BCUT2D eigenvalue weighted by molar-refractivity contribution is 5.86. The number of anilines is 4. The molecular weight excluding hydrogens is 440 g/mol. The minimum absolute atomic E-state index is 0.907. The molecule has 0 aliphatic rings. The summed E-state index contributed by atoms with van der Waals surface area (Å²) in [5.74, 6) is 0. The van der Waals surface area contributed by atoms with Crippen LogP contribution in [0.3, 0.4) is 0 Å². The summed E-state index contributed by atoms with van der Waals surface area (Å²) in [6.45, 7) is 0. The van der Waals surface area contributed by atoms with Gasteiger partial charge in [0.05, 0.1) is 11.4 Å². The quantitative estimate of drug-likeness (QED) is 0.225. The summed E-state index contributed by atoms with van der Waals surface area (Å²) >= 11 is 0. The van der Waals surface area contributed by atoms with Crippen molar-refractivity contribution >= 4 is 46.6 Å². The first-order valence-electron chi connectivity index (χ1n) is 11.8. The van der Waals surface area contributed by atoms with Crippen LogP contribution in [-0.2, 0) is 0 Å². The van der Waals surface area contributed by atoms with E-state index in [-0.39, 0.29) is 0 Å². The largest absolute Gasteiger partial charge is 0.356 e. The van der Waals surface area contributed by atoms with Gasteiger partial charge in [-0.05, 0) is 83.9 Å². The first kappa shape index (κ1) is 22.8. The van der Waals surface area contributed by atoms with E-state index < -0.39 is 0 Å². The molecule has 0 heterocycles. The van der Waals surface area contributed by atoms with Crippen molar-refractivity contribution in [3.63, 3.8) is 0 Å². The molecule has 5 rings (SSSR count). The molecule has 0 spiro atoms. The number of benzene rings is 5. The van der Waals surface area contributed by atoms with Crippen LogP contribution >= 0.6 is 0 Å². The highest BCUT2D eigenvalue weighted by Gasteiger charge is 1.97. The van der Waals surface area contributed by atoms with Crippen LogP contribution < -0.4 is 10.6 Å². The van der Waals surface area contributed by atoms with E-state index in [9.17, 15) is 0 Å². The normalized spacial score (nSPS) is 11.1. The highest BCUT2D eigenvalue weighted by Crippen LogP contribution is 2.21. The van der Waals surface area contributed by atoms with E-state index in [0.29, 0.717) is 0 Å². The molecule has 0 aliphatic carbocycles. The van der Waals surface area contributed by atoms with Crippen LogP contribution in [0.2, 0.25) is 0 Å². The zero-order chi connectivity index (χ0) is 24.4. The van der Waals surface area contributed by atoms with E-state index in [1.165, 1.54) is 0 Å². The van der Waals surface area contributed by atoms with Gasteiger partial charge in [0, 0.05) is 35.2 Å². The van der Waals surface area contributed by atoms with E-state index >= 15 is 0 Å². The zero-order valence-corrected chi connectivity index (χ0v) is 19.8. The molecule has 0 fully saturated rings. The van der Waals surface area contributed by atoms with Crippen LogP contribution in [0.5, 0.6) is 0 Å². The Morgan fingerprint density at radius 1 is 0.361 bits per heavy atom. The molecule has 0 saturated heterocycles. The fourth-order valence-electron chi connectivity index (χ4n) is 3.60. The van der Waals surface area contributed by atoms with Crippen LogP contribution in [0.15, 0.2) is 143 Å². The lowest BCUT2D eigenvalue weighted by Gasteiger charge is -2.06. The van der Waals surface area contributed by atoms with Crippen LogP contribution in [0.25, 0.3) is 0 Å². The summed E-state index contributed by atoms with van der Waals surface area (Å²) in [6.07, 6.45) is 3.75. The lowest BCUT2D eigenvalue weighted by atomic mass is 10.1. The third-order valence-electron chi connectivity index (χ3n) is 5.52. The summed E-state index contributed by atoms with van der Waals surface area (Å²) in [5.41, 5.74) is 8.08. The summed E-state index contributed by atoms with van der Waals surface area (Å²) < 4.78 is 0. The van der Waals surface area contributed by atoms with Crippen LogP contribution in [0, 0.1) is 0 Å². The Balaban J connectivity index is 1.15. The maximum Gasteiger partial charge on any atom is 0.0631 e. The Hall–Kier alpha value is -4.96. The van der Waals surface area contributed by atoms with Crippen LogP contribution in [0.1, 0.15) is 11.1 Å². The van der Waals surface area contributed by atoms with Crippen molar-refractivity contribution < 1.29 is 0 Å². The molecule has 0 aliphatic heterocycles.